The van der Waals surface area contributed by atoms with Crippen LogP contribution in [0.3, 0.4) is 0 Å². The molecule has 1 aliphatic carbocycles. The molecule has 0 radical (unpaired) electrons. The van der Waals surface area contributed by atoms with Gasteiger partial charge in [0, 0.05) is 48.5 Å². The third-order valence-electron chi connectivity index (χ3n) is 6.92. The fourth-order valence-electron chi connectivity index (χ4n) is 5.12. The summed E-state index contributed by atoms with van der Waals surface area (Å²) >= 11 is 0. The van der Waals surface area contributed by atoms with E-state index in [9.17, 15) is 0 Å². The molecule has 0 unspecified atom stereocenters. The normalized spacial score (nSPS) is 15.4. The predicted molar refractivity (Wildman–Crippen MR) is 132 cm³/mol. The van der Waals surface area contributed by atoms with Gasteiger partial charge in [-0.3, -0.25) is 14.0 Å². The van der Waals surface area contributed by atoms with Crippen molar-refractivity contribution in [2.24, 2.45) is 0 Å². The van der Waals surface area contributed by atoms with Crippen LogP contribution in [0, 0.1) is 6.92 Å². The molecule has 0 aliphatic heterocycles. The van der Waals surface area contributed by atoms with Gasteiger partial charge in [0.05, 0.1) is 11.9 Å². The number of nitrogens with zero attached hydrogens (tertiary/aromatic N) is 5. The topological polar surface area (TPSA) is 38.9 Å². The summed E-state index contributed by atoms with van der Waals surface area (Å²) < 4.78 is 4.43. The number of imidazole rings is 2. The highest BCUT2D eigenvalue weighted by Crippen LogP contribution is 2.32. The molecular formula is C27H39N5. The first kappa shape index (κ1) is 22.8. The molecule has 1 aliphatic rings. The molecule has 0 saturated heterocycles. The van der Waals surface area contributed by atoms with Crippen molar-refractivity contribution in [3.8, 4) is 11.6 Å². The van der Waals surface area contributed by atoms with E-state index in [-0.39, 0.29) is 0 Å². The second-order valence-electron chi connectivity index (χ2n) is 9.94. The zero-order valence-electron chi connectivity index (χ0n) is 20.5. The van der Waals surface area contributed by atoms with Gasteiger partial charge in [-0.2, -0.15) is 0 Å². The molecule has 0 amide bonds. The van der Waals surface area contributed by atoms with Crippen LogP contribution in [0.4, 0.5) is 0 Å². The number of aryl methyl sites for hydroxylation is 1. The molecule has 2 aromatic heterocycles. The maximum Gasteiger partial charge on any atom is 0.219 e. The highest BCUT2D eigenvalue weighted by Gasteiger charge is 2.21. The predicted octanol–water partition coefficient (Wildman–Crippen LogP) is 6.08. The molecule has 3 aromatic rings. The number of aromatic nitrogens is 4. The maximum absolute atomic E-state index is 4.88. The lowest BCUT2D eigenvalue weighted by molar-refractivity contribution is 0.176. The van der Waals surface area contributed by atoms with Gasteiger partial charge < -0.3 is 0 Å². The van der Waals surface area contributed by atoms with Crippen molar-refractivity contribution in [1.82, 2.24) is 24.0 Å². The Morgan fingerprint density at radius 2 is 1.66 bits per heavy atom. The Hall–Kier alpha value is -2.40. The molecule has 0 spiro atoms. The van der Waals surface area contributed by atoms with Gasteiger partial charge in [-0.1, -0.05) is 37.0 Å². The molecule has 0 atom stereocenters. The van der Waals surface area contributed by atoms with Gasteiger partial charge in [0.2, 0.25) is 5.95 Å². The van der Waals surface area contributed by atoms with E-state index < -0.39 is 0 Å². The summed E-state index contributed by atoms with van der Waals surface area (Å²) in [6, 6.07) is 9.81. The van der Waals surface area contributed by atoms with E-state index in [2.05, 4.69) is 79.1 Å². The van der Waals surface area contributed by atoms with Crippen molar-refractivity contribution in [3.63, 3.8) is 0 Å². The summed E-state index contributed by atoms with van der Waals surface area (Å²) in [6.07, 6.45) is 13.7. The zero-order valence-corrected chi connectivity index (χ0v) is 20.5. The van der Waals surface area contributed by atoms with Crippen LogP contribution in [0.25, 0.3) is 11.6 Å². The summed E-state index contributed by atoms with van der Waals surface area (Å²) in [5, 5.41) is 0. The minimum atomic E-state index is 0.525. The van der Waals surface area contributed by atoms with Gasteiger partial charge in [0.25, 0.3) is 0 Å². The molecule has 32 heavy (non-hydrogen) atoms. The molecule has 172 valence electrons. The maximum atomic E-state index is 4.88. The first-order valence-electron chi connectivity index (χ1n) is 12.4. The smallest absolute Gasteiger partial charge is 0.219 e. The summed E-state index contributed by atoms with van der Waals surface area (Å²) in [7, 11) is 0. The molecule has 1 saturated carbocycles. The van der Waals surface area contributed by atoms with Crippen LogP contribution in [0.5, 0.6) is 0 Å². The van der Waals surface area contributed by atoms with Crippen molar-refractivity contribution in [2.75, 3.05) is 6.54 Å². The lowest BCUT2D eigenvalue weighted by atomic mass is 9.87. The zero-order chi connectivity index (χ0) is 22.7. The Morgan fingerprint density at radius 3 is 2.31 bits per heavy atom. The Morgan fingerprint density at radius 1 is 0.969 bits per heavy atom. The third kappa shape index (κ3) is 4.98. The molecule has 1 aromatic carbocycles. The van der Waals surface area contributed by atoms with Crippen LogP contribution in [0.2, 0.25) is 0 Å². The Kier molecular flexibility index (Phi) is 7.14. The van der Waals surface area contributed by atoms with Crippen LogP contribution < -0.4 is 0 Å². The molecule has 5 heteroatoms. The fraction of sp³-hybridized carbons (Fsp3) is 0.556. The molecule has 5 nitrogen and oxygen atoms in total. The van der Waals surface area contributed by atoms with Crippen LogP contribution in [-0.2, 0) is 6.42 Å². The first-order valence-corrected chi connectivity index (χ1v) is 12.4. The fourth-order valence-corrected chi connectivity index (χ4v) is 5.12. The summed E-state index contributed by atoms with van der Waals surface area (Å²) in [6.45, 7) is 12.3. The number of hydrogen-bond donors (Lipinski definition) is 0. The van der Waals surface area contributed by atoms with Gasteiger partial charge in [-0.15, -0.1) is 0 Å². The van der Waals surface area contributed by atoms with E-state index in [4.69, 9.17) is 9.97 Å². The molecule has 0 N–H and O–H groups in total. The van der Waals surface area contributed by atoms with Gasteiger partial charge in [0.1, 0.15) is 6.33 Å². The van der Waals surface area contributed by atoms with E-state index in [0.29, 0.717) is 18.0 Å². The monoisotopic (exact) mass is 433 g/mol. The largest absolute Gasteiger partial charge is 0.298 e. The number of hydrogen-bond acceptors (Lipinski definition) is 3. The van der Waals surface area contributed by atoms with Gasteiger partial charge in [-0.05, 0) is 59.6 Å². The summed E-state index contributed by atoms with van der Waals surface area (Å²) in [5.41, 5.74) is 4.88. The first-order chi connectivity index (χ1) is 15.4. The van der Waals surface area contributed by atoms with Crippen LogP contribution in [-0.4, -0.2) is 42.6 Å². The number of benzene rings is 1. The second-order valence-corrected chi connectivity index (χ2v) is 9.94. The second kappa shape index (κ2) is 10.0. The summed E-state index contributed by atoms with van der Waals surface area (Å²) in [4.78, 5) is 12.2. The third-order valence-corrected chi connectivity index (χ3v) is 6.92. The van der Waals surface area contributed by atoms with Crippen molar-refractivity contribution in [1.29, 1.82) is 0 Å². The quantitative estimate of drug-likeness (QED) is 0.432. The van der Waals surface area contributed by atoms with Crippen LogP contribution in [0.1, 0.15) is 82.7 Å². The lowest BCUT2D eigenvalue weighted by Crippen LogP contribution is -2.38. The van der Waals surface area contributed by atoms with Gasteiger partial charge in [-0.25, -0.2) is 9.97 Å². The average molecular weight is 434 g/mol. The standard InChI is InChI=1S/C27H39N5/c1-20(2)31(21(3)4)16-15-25-17-28-27(32(25)24-13-11-22(5)12-14-24)30-18-26(29-19-30)23-9-7-6-8-10-23/h11-14,17-21,23H,6-10,15-16H2,1-5H3. The molecule has 1 fully saturated rings. The Balaban J connectivity index is 1.67. The van der Waals surface area contributed by atoms with E-state index in [1.807, 2.05) is 12.5 Å². The average Bonchev–Trinajstić information content (AvgIpc) is 3.42. The highest BCUT2D eigenvalue weighted by atomic mass is 15.3. The van der Waals surface area contributed by atoms with Crippen molar-refractivity contribution in [3.05, 3.63) is 59.9 Å². The lowest BCUT2D eigenvalue weighted by Gasteiger charge is -2.30. The van der Waals surface area contributed by atoms with Crippen molar-refractivity contribution >= 4 is 0 Å². The molecule has 0 bridgehead atoms. The SMILES string of the molecule is Cc1ccc(-n2c(CCN(C(C)C)C(C)C)cnc2-n2cnc(C3CCCCC3)c2)cc1. The van der Waals surface area contributed by atoms with E-state index in [1.54, 1.807) is 0 Å². The summed E-state index contributed by atoms with van der Waals surface area (Å²) in [5.74, 6) is 1.52. The highest BCUT2D eigenvalue weighted by molar-refractivity contribution is 5.41. The van der Waals surface area contributed by atoms with Gasteiger partial charge >= 0.3 is 0 Å². The minimum absolute atomic E-state index is 0.525. The van der Waals surface area contributed by atoms with Crippen LogP contribution >= 0.6 is 0 Å². The Labute approximate surface area is 193 Å². The van der Waals surface area contributed by atoms with E-state index >= 15 is 0 Å². The van der Waals surface area contributed by atoms with Crippen molar-refractivity contribution in [2.45, 2.75) is 91.1 Å². The molecule has 4 rings (SSSR count). The van der Waals surface area contributed by atoms with E-state index in [0.717, 1.165) is 24.6 Å². The number of rotatable bonds is 8. The van der Waals surface area contributed by atoms with Gasteiger partial charge in [0.15, 0.2) is 0 Å². The molecule has 2 heterocycles. The van der Waals surface area contributed by atoms with Crippen molar-refractivity contribution < 1.29 is 0 Å². The van der Waals surface area contributed by atoms with E-state index in [1.165, 1.54) is 49.1 Å². The Bertz CT molecular complexity index is 981. The molecular weight excluding hydrogens is 394 g/mol. The van der Waals surface area contributed by atoms with Crippen LogP contribution in [0.15, 0.2) is 43.0 Å². The minimum Gasteiger partial charge on any atom is -0.298 e.